The summed E-state index contributed by atoms with van der Waals surface area (Å²) in [5, 5.41) is 6.37. The minimum atomic E-state index is -0.573. The van der Waals surface area contributed by atoms with Crippen LogP contribution in [0.1, 0.15) is 39.9 Å². The average molecular weight is 328 g/mol. The van der Waals surface area contributed by atoms with Crippen LogP contribution < -0.4 is 16.4 Å². The summed E-state index contributed by atoms with van der Waals surface area (Å²) in [7, 11) is 0. The molecule has 4 N–H and O–H groups in total. The zero-order valence-electron chi connectivity index (χ0n) is 14.3. The van der Waals surface area contributed by atoms with Gasteiger partial charge in [-0.3, -0.25) is 4.79 Å². The predicted octanol–water partition coefficient (Wildman–Crippen LogP) is 2.25. The molecular formula is C18H24N4O2. The van der Waals surface area contributed by atoms with E-state index in [0.29, 0.717) is 24.8 Å². The summed E-state index contributed by atoms with van der Waals surface area (Å²) in [6.45, 7) is 7.94. The van der Waals surface area contributed by atoms with Gasteiger partial charge in [0.2, 0.25) is 0 Å². The summed E-state index contributed by atoms with van der Waals surface area (Å²) < 4.78 is 5.35. The molecule has 0 radical (unpaired) electrons. The van der Waals surface area contributed by atoms with E-state index in [1.165, 1.54) is 16.7 Å². The van der Waals surface area contributed by atoms with Gasteiger partial charge in [0.25, 0.3) is 5.91 Å². The van der Waals surface area contributed by atoms with Gasteiger partial charge in [-0.1, -0.05) is 23.8 Å². The molecule has 24 heavy (non-hydrogen) atoms. The number of rotatable bonds is 6. The van der Waals surface area contributed by atoms with Crippen molar-refractivity contribution < 1.29 is 9.21 Å². The maximum absolute atomic E-state index is 11.0. The van der Waals surface area contributed by atoms with Crippen LogP contribution in [0.25, 0.3) is 0 Å². The molecule has 6 heteroatoms. The summed E-state index contributed by atoms with van der Waals surface area (Å²) in [6, 6.07) is 9.63. The molecule has 0 aliphatic rings. The lowest BCUT2D eigenvalue weighted by molar-refractivity contribution is 0.0972. The highest BCUT2D eigenvalue weighted by Crippen LogP contribution is 2.11. The topological polar surface area (TPSA) is 92.6 Å². The number of hydrogen-bond acceptors (Lipinski definition) is 3. The number of nitrogens with one attached hydrogen (secondary N) is 2. The lowest BCUT2D eigenvalue weighted by atomic mass is 10.1. The second-order valence-electron chi connectivity index (χ2n) is 5.61. The Kier molecular flexibility index (Phi) is 6.01. The Morgan fingerprint density at radius 2 is 2.00 bits per heavy atom. The highest BCUT2D eigenvalue weighted by molar-refractivity contribution is 5.89. The number of nitrogens with zero attached hydrogens (tertiary/aromatic N) is 1. The van der Waals surface area contributed by atoms with Crippen molar-refractivity contribution in [3.8, 4) is 0 Å². The van der Waals surface area contributed by atoms with Crippen molar-refractivity contribution in [2.45, 2.75) is 33.9 Å². The fourth-order valence-electron chi connectivity index (χ4n) is 2.31. The summed E-state index contributed by atoms with van der Waals surface area (Å²) in [4.78, 5) is 15.6. The molecule has 0 atom stereocenters. The van der Waals surface area contributed by atoms with Crippen molar-refractivity contribution in [1.82, 2.24) is 10.6 Å². The molecule has 1 aromatic carbocycles. The van der Waals surface area contributed by atoms with E-state index in [-0.39, 0.29) is 5.76 Å². The number of aryl methyl sites for hydroxylation is 2. The van der Waals surface area contributed by atoms with E-state index < -0.39 is 5.91 Å². The van der Waals surface area contributed by atoms with Crippen LogP contribution in [0.5, 0.6) is 0 Å². The van der Waals surface area contributed by atoms with Gasteiger partial charge in [-0.05, 0) is 44.0 Å². The molecule has 128 valence electrons. The molecule has 1 heterocycles. The minimum Gasteiger partial charge on any atom is -0.454 e. The fourth-order valence-corrected chi connectivity index (χ4v) is 2.31. The van der Waals surface area contributed by atoms with Crippen LogP contribution in [-0.4, -0.2) is 18.4 Å². The molecular weight excluding hydrogens is 304 g/mol. The number of furan rings is 1. The third-order valence-electron chi connectivity index (χ3n) is 3.58. The molecule has 1 aromatic heterocycles. The first kappa shape index (κ1) is 17.6. The molecule has 0 spiro atoms. The van der Waals surface area contributed by atoms with Crippen molar-refractivity contribution >= 4 is 11.9 Å². The molecule has 6 nitrogen and oxygen atoms in total. The maximum atomic E-state index is 11.0. The first-order chi connectivity index (χ1) is 11.5. The second-order valence-corrected chi connectivity index (χ2v) is 5.61. The first-order valence-corrected chi connectivity index (χ1v) is 7.96. The number of amides is 1. The Morgan fingerprint density at radius 1 is 1.21 bits per heavy atom. The molecule has 0 fully saturated rings. The Labute approximate surface area is 142 Å². The maximum Gasteiger partial charge on any atom is 0.284 e. The van der Waals surface area contributed by atoms with Gasteiger partial charge in [-0.2, -0.15) is 0 Å². The van der Waals surface area contributed by atoms with Gasteiger partial charge >= 0.3 is 0 Å². The number of primary amides is 1. The third kappa shape index (κ3) is 4.87. The van der Waals surface area contributed by atoms with E-state index >= 15 is 0 Å². The van der Waals surface area contributed by atoms with Gasteiger partial charge in [0.15, 0.2) is 11.7 Å². The highest BCUT2D eigenvalue weighted by atomic mass is 16.3. The van der Waals surface area contributed by atoms with Gasteiger partial charge in [-0.25, -0.2) is 4.99 Å². The lowest BCUT2D eigenvalue weighted by Crippen LogP contribution is -2.36. The van der Waals surface area contributed by atoms with Gasteiger partial charge in [0.1, 0.15) is 5.76 Å². The molecule has 0 bridgehead atoms. The van der Waals surface area contributed by atoms with Crippen molar-refractivity contribution in [2.24, 2.45) is 10.7 Å². The van der Waals surface area contributed by atoms with Crippen LogP contribution >= 0.6 is 0 Å². The standard InChI is InChI=1S/C18H24N4O2/c1-4-20-18(21-10-14-6-5-12(2)9-13(14)3)22-11-15-7-8-16(24-15)17(19)23/h5-9H,4,10-11H2,1-3H3,(H2,19,23)(H2,20,21,22). The van der Waals surface area contributed by atoms with E-state index in [9.17, 15) is 4.79 Å². The van der Waals surface area contributed by atoms with E-state index in [0.717, 1.165) is 6.54 Å². The first-order valence-electron chi connectivity index (χ1n) is 7.96. The van der Waals surface area contributed by atoms with Crippen molar-refractivity contribution in [2.75, 3.05) is 6.54 Å². The van der Waals surface area contributed by atoms with Gasteiger partial charge in [0, 0.05) is 6.54 Å². The highest BCUT2D eigenvalue weighted by Gasteiger charge is 2.07. The smallest absolute Gasteiger partial charge is 0.284 e. The molecule has 0 saturated carbocycles. The van der Waals surface area contributed by atoms with Crippen molar-refractivity contribution in [1.29, 1.82) is 0 Å². The van der Waals surface area contributed by atoms with E-state index in [4.69, 9.17) is 10.2 Å². The normalized spacial score (nSPS) is 11.4. The lowest BCUT2D eigenvalue weighted by Gasteiger charge is -2.11. The van der Waals surface area contributed by atoms with Gasteiger partial charge in [0.05, 0.1) is 13.1 Å². The molecule has 0 saturated heterocycles. The van der Waals surface area contributed by atoms with E-state index in [2.05, 4.69) is 47.7 Å². The number of carbonyl (C=O) groups is 1. The van der Waals surface area contributed by atoms with Crippen LogP contribution in [0.4, 0.5) is 0 Å². The Balaban J connectivity index is 2.00. The van der Waals surface area contributed by atoms with Crippen LogP contribution in [0.2, 0.25) is 0 Å². The summed E-state index contributed by atoms with van der Waals surface area (Å²) in [5.41, 5.74) is 8.84. The number of hydrogen-bond donors (Lipinski definition) is 3. The molecule has 2 rings (SSSR count). The summed E-state index contributed by atoms with van der Waals surface area (Å²) >= 11 is 0. The predicted molar refractivity (Wildman–Crippen MR) is 94.8 cm³/mol. The monoisotopic (exact) mass is 328 g/mol. The second kappa shape index (κ2) is 8.19. The fraction of sp³-hybridized carbons (Fsp3) is 0.333. The average Bonchev–Trinajstić information content (AvgIpc) is 3.00. The molecule has 0 aliphatic carbocycles. The number of aliphatic imine (C=N–C) groups is 1. The van der Waals surface area contributed by atoms with Gasteiger partial charge < -0.3 is 20.8 Å². The zero-order chi connectivity index (χ0) is 17.5. The van der Waals surface area contributed by atoms with E-state index in [1.807, 2.05) is 6.92 Å². The van der Waals surface area contributed by atoms with Crippen LogP contribution in [0.3, 0.4) is 0 Å². The van der Waals surface area contributed by atoms with Crippen LogP contribution in [-0.2, 0) is 13.1 Å². The van der Waals surface area contributed by atoms with Gasteiger partial charge in [-0.15, -0.1) is 0 Å². The summed E-state index contributed by atoms with van der Waals surface area (Å²) in [5.74, 6) is 0.899. The Bertz CT molecular complexity index is 734. The Morgan fingerprint density at radius 3 is 2.62 bits per heavy atom. The van der Waals surface area contributed by atoms with E-state index in [1.54, 1.807) is 12.1 Å². The van der Waals surface area contributed by atoms with Crippen LogP contribution in [0.15, 0.2) is 39.7 Å². The largest absolute Gasteiger partial charge is 0.454 e. The summed E-state index contributed by atoms with van der Waals surface area (Å²) in [6.07, 6.45) is 0. The quantitative estimate of drug-likeness (QED) is 0.560. The molecule has 1 amide bonds. The number of guanidine groups is 1. The zero-order valence-corrected chi connectivity index (χ0v) is 14.3. The van der Waals surface area contributed by atoms with Crippen molar-refractivity contribution in [3.05, 3.63) is 58.5 Å². The molecule has 2 aromatic rings. The minimum absolute atomic E-state index is 0.156. The molecule has 0 aliphatic heterocycles. The number of carbonyl (C=O) groups excluding carboxylic acids is 1. The number of benzene rings is 1. The number of nitrogens with two attached hydrogens (primary N) is 1. The molecule has 0 unspecified atom stereocenters. The SMILES string of the molecule is CCNC(=NCc1ccc(C)cc1C)NCc1ccc(C(N)=O)o1. The van der Waals surface area contributed by atoms with Crippen molar-refractivity contribution in [3.63, 3.8) is 0 Å². The third-order valence-corrected chi connectivity index (χ3v) is 3.58. The Hall–Kier alpha value is -2.76. The van der Waals surface area contributed by atoms with Crippen LogP contribution in [0, 0.1) is 13.8 Å².